The highest BCUT2D eigenvalue weighted by Gasteiger charge is 2.23. The summed E-state index contributed by atoms with van der Waals surface area (Å²) in [4.78, 5) is 0. The van der Waals surface area contributed by atoms with Crippen LogP contribution < -0.4 is 10.1 Å². The summed E-state index contributed by atoms with van der Waals surface area (Å²) in [7, 11) is -2.85. The monoisotopic (exact) mass is 333 g/mol. The molecule has 1 atom stereocenters. The molecule has 1 unspecified atom stereocenters. The van der Waals surface area contributed by atoms with Crippen molar-refractivity contribution in [2.45, 2.75) is 25.0 Å². The molecule has 0 saturated carbocycles. The molecule has 2 N–H and O–H groups in total. The highest BCUT2D eigenvalue weighted by Crippen LogP contribution is 2.23. The summed E-state index contributed by atoms with van der Waals surface area (Å²) in [6, 6.07) is 7.24. The van der Waals surface area contributed by atoms with Crippen molar-refractivity contribution in [2.75, 3.05) is 24.7 Å². The summed E-state index contributed by atoms with van der Waals surface area (Å²) in [6.07, 6.45) is 0.528. The molecule has 0 aliphatic carbocycles. The standard InChI is InChI=1S/C14H20ClNO4S/c15-13-3-1-2-4-14(13)20-10-12(17)9-16-11-5-7-21(18,19)8-6-11/h1-4,11-12,16-17H,5-10H2. The predicted octanol–water partition coefficient (Wildman–Crippen LogP) is 1.25. The number of hydrogen-bond acceptors (Lipinski definition) is 5. The summed E-state index contributed by atoms with van der Waals surface area (Å²) >= 11 is 5.95. The van der Waals surface area contributed by atoms with Gasteiger partial charge in [0.25, 0.3) is 0 Å². The van der Waals surface area contributed by atoms with Crippen molar-refractivity contribution in [3.8, 4) is 5.75 Å². The highest BCUT2D eigenvalue weighted by atomic mass is 35.5. The van der Waals surface area contributed by atoms with Crippen molar-refractivity contribution < 1.29 is 18.3 Å². The van der Waals surface area contributed by atoms with Crippen molar-refractivity contribution >= 4 is 21.4 Å². The molecule has 0 radical (unpaired) electrons. The molecule has 1 aliphatic rings. The maximum absolute atomic E-state index is 11.3. The van der Waals surface area contributed by atoms with Crippen LogP contribution in [0.25, 0.3) is 0 Å². The molecule has 0 bridgehead atoms. The van der Waals surface area contributed by atoms with Gasteiger partial charge < -0.3 is 15.2 Å². The molecule has 1 fully saturated rings. The Morgan fingerprint density at radius 1 is 1.33 bits per heavy atom. The van der Waals surface area contributed by atoms with E-state index in [1.165, 1.54) is 0 Å². The maximum atomic E-state index is 11.3. The van der Waals surface area contributed by atoms with Crippen LogP contribution in [0.2, 0.25) is 5.02 Å². The van der Waals surface area contributed by atoms with Gasteiger partial charge in [0.15, 0.2) is 0 Å². The van der Waals surface area contributed by atoms with Gasteiger partial charge in [-0.1, -0.05) is 23.7 Å². The predicted molar refractivity (Wildman–Crippen MR) is 82.6 cm³/mol. The summed E-state index contributed by atoms with van der Waals surface area (Å²) in [5.74, 6) is 0.982. The van der Waals surface area contributed by atoms with Crippen molar-refractivity contribution in [3.63, 3.8) is 0 Å². The molecule has 7 heteroatoms. The van der Waals surface area contributed by atoms with Crippen LogP contribution in [-0.2, 0) is 9.84 Å². The summed E-state index contributed by atoms with van der Waals surface area (Å²) < 4.78 is 28.1. The van der Waals surface area contributed by atoms with Crippen LogP contribution in [0.15, 0.2) is 24.3 Å². The number of benzene rings is 1. The topological polar surface area (TPSA) is 75.6 Å². The van der Waals surface area contributed by atoms with Crippen LogP contribution in [0.5, 0.6) is 5.75 Å². The Bertz CT molecular complexity index is 550. The van der Waals surface area contributed by atoms with Crippen LogP contribution in [0.1, 0.15) is 12.8 Å². The van der Waals surface area contributed by atoms with Gasteiger partial charge in [-0.3, -0.25) is 0 Å². The van der Waals surface area contributed by atoms with Crippen LogP contribution in [-0.4, -0.2) is 50.3 Å². The summed E-state index contributed by atoms with van der Waals surface area (Å²) in [6.45, 7) is 0.511. The Morgan fingerprint density at radius 2 is 2.00 bits per heavy atom. The molecule has 0 spiro atoms. The number of sulfone groups is 1. The van der Waals surface area contributed by atoms with E-state index in [0.29, 0.717) is 30.2 Å². The van der Waals surface area contributed by atoms with Crippen molar-refractivity contribution in [2.24, 2.45) is 0 Å². The Hall–Kier alpha value is -0.820. The third-order valence-electron chi connectivity index (χ3n) is 3.46. The first-order valence-electron chi connectivity index (χ1n) is 6.95. The molecule has 1 saturated heterocycles. The van der Waals surface area contributed by atoms with E-state index in [1.54, 1.807) is 12.1 Å². The second-order valence-corrected chi connectivity index (χ2v) is 7.94. The van der Waals surface area contributed by atoms with Crippen LogP contribution in [0, 0.1) is 0 Å². The zero-order valence-electron chi connectivity index (χ0n) is 11.7. The minimum atomic E-state index is -2.85. The van der Waals surface area contributed by atoms with E-state index in [9.17, 15) is 13.5 Å². The summed E-state index contributed by atoms with van der Waals surface area (Å²) in [5.41, 5.74) is 0. The third-order valence-corrected chi connectivity index (χ3v) is 5.49. The highest BCUT2D eigenvalue weighted by molar-refractivity contribution is 7.91. The molecule has 1 aromatic rings. The normalized spacial score (nSPS) is 20.1. The molecule has 1 aliphatic heterocycles. The Labute approximate surface area is 130 Å². The van der Waals surface area contributed by atoms with E-state index < -0.39 is 15.9 Å². The Kier molecular flexibility index (Phi) is 5.87. The number of aliphatic hydroxyl groups excluding tert-OH is 1. The second kappa shape index (κ2) is 7.45. The lowest BCUT2D eigenvalue weighted by molar-refractivity contribution is 0.103. The fourth-order valence-corrected chi connectivity index (χ4v) is 3.89. The lowest BCUT2D eigenvalue weighted by Crippen LogP contribution is -2.42. The number of rotatable bonds is 6. The first kappa shape index (κ1) is 16.5. The largest absolute Gasteiger partial charge is 0.489 e. The van der Waals surface area contributed by atoms with Gasteiger partial charge in [0.05, 0.1) is 16.5 Å². The lowest BCUT2D eigenvalue weighted by atomic mass is 10.1. The first-order chi connectivity index (χ1) is 9.96. The van der Waals surface area contributed by atoms with Gasteiger partial charge in [0.2, 0.25) is 0 Å². The zero-order valence-corrected chi connectivity index (χ0v) is 13.2. The van der Waals surface area contributed by atoms with Gasteiger partial charge in [0, 0.05) is 12.6 Å². The van der Waals surface area contributed by atoms with Crippen LogP contribution in [0.4, 0.5) is 0 Å². The van der Waals surface area contributed by atoms with Gasteiger partial charge >= 0.3 is 0 Å². The number of hydrogen-bond donors (Lipinski definition) is 2. The maximum Gasteiger partial charge on any atom is 0.150 e. The number of para-hydroxylation sites is 1. The second-order valence-electron chi connectivity index (χ2n) is 5.23. The van der Waals surface area contributed by atoms with Gasteiger partial charge in [-0.05, 0) is 25.0 Å². The fourth-order valence-electron chi connectivity index (χ4n) is 2.20. The molecule has 5 nitrogen and oxygen atoms in total. The molecule has 21 heavy (non-hydrogen) atoms. The quantitative estimate of drug-likeness (QED) is 0.819. The smallest absolute Gasteiger partial charge is 0.150 e. The number of nitrogens with one attached hydrogen (secondary N) is 1. The van der Waals surface area contributed by atoms with E-state index in [4.69, 9.17) is 16.3 Å². The van der Waals surface area contributed by atoms with Crippen LogP contribution >= 0.6 is 11.6 Å². The number of halogens is 1. The molecule has 1 aromatic carbocycles. The molecular formula is C14H20ClNO4S. The van der Waals surface area contributed by atoms with Gasteiger partial charge in [-0.15, -0.1) is 0 Å². The van der Waals surface area contributed by atoms with Crippen molar-refractivity contribution in [3.05, 3.63) is 29.3 Å². The Balaban J connectivity index is 1.68. The molecule has 118 valence electrons. The van der Waals surface area contributed by atoms with E-state index in [2.05, 4.69) is 5.32 Å². The third kappa shape index (κ3) is 5.47. The van der Waals surface area contributed by atoms with E-state index in [-0.39, 0.29) is 24.2 Å². The minimum absolute atomic E-state index is 0.141. The average Bonchev–Trinajstić information content (AvgIpc) is 2.45. The fraction of sp³-hybridized carbons (Fsp3) is 0.571. The van der Waals surface area contributed by atoms with Gasteiger partial charge in [-0.25, -0.2) is 8.42 Å². The van der Waals surface area contributed by atoms with Crippen molar-refractivity contribution in [1.82, 2.24) is 5.32 Å². The molecule has 2 rings (SSSR count). The van der Waals surface area contributed by atoms with E-state index in [1.807, 2.05) is 12.1 Å². The van der Waals surface area contributed by atoms with Crippen molar-refractivity contribution in [1.29, 1.82) is 0 Å². The van der Waals surface area contributed by atoms with E-state index >= 15 is 0 Å². The summed E-state index contributed by atoms with van der Waals surface area (Å²) in [5, 5.41) is 13.6. The molecule has 0 amide bonds. The number of aliphatic hydroxyl groups is 1. The average molecular weight is 334 g/mol. The Morgan fingerprint density at radius 3 is 2.67 bits per heavy atom. The molecule has 1 heterocycles. The lowest BCUT2D eigenvalue weighted by Gasteiger charge is -2.24. The number of ether oxygens (including phenoxy) is 1. The minimum Gasteiger partial charge on any atom is -0.489 e. The van der Waals surface area contributed by atoms with E-state index in [0.717, 1.165) is 0 Å². The SMILES string of the molecule is O=S1(=O)CCC(NCC(O)COc2ccccc2Cl)CC1. The zero-order chi connectivity index (χ0) is 15.3. The molecular weight excluding hydrogens is 314 g/mol. The molecule has 0 aromatic heterocycles. The van der Waals surface area contributed by atoms with Gasteiger partial charge in [-0.2, -0.15) is 0 Å². The first-order valence-corrected chi connectivity index (χ1v) is 9.15. The van der Waals surface area contributed by atoms with Gasteiger partial charge in [0.1, 0.15) is 28.3 Å². The van der Waals surface area contributed by atoms with Crippen LogP contribution in [0.3, 0.4) is 0 Å².